The molecule has 126 valence electrons. The monoisotopic (exact) mass is 353 g/mol. The molecule has 0 radical (unpaired) electrons. The molecule has 5 heteroatoms. The lowest BCUT2D eigenvalue weighted by Crippen LogP contribution is -2.24. The number of halogens is 2. The largest absolute Gasteiger partial charge is 0.340 e. The number of aliphatic imine (C=N–C) groups is 2. The Bertz CT molecular complexity index is 910. The third-order valence-corrected chi connectivity index (χ3v) is 4.83. The first-order valence-corrected chi connectivity index (χ1v) is 8.60. The Morgan fingerprint density at radius 3 is 2.96 bits per heavy atom. The SMILES string of the molecule is Cc1cccc(Cl)c1N=C1Nc2ccc(F)cc2CC2C=NC=C1C2. The second-order valence-corrected chi connectivity index (χ2v) is 6.82. The van der Waals surface area contributed by atoms with Gasteiger partial charge >= 0.3 is 0 Å². The molecule has 1 unspecified atom stereocenters. The van der Waals surface area contributed by atoms with Crippen LogP contribution >= 0.6 is 11.6 Å². The molecule has 2 aliphatic rings. The third kappa shape index (κ3) is 3.22. The van der Waals surface area contributed by atoms with Crippen molar-refractivity contribution in [2.24, 2.45) is 15.9 Å². The van der Waals surface area contributed by atoms with Crippen LogP contribution < -0.4 is 5.32 Å². The molecule has 2 bridgehead atoms. The van der Waals surface area contributed by atoms with Crippen LogP contribution in [0.15, 0.2) is 58.2 Å². The standard InChI is InChI=1S/C20H17ClFN3/c1-12-3-2-4-17(21)19(12)25-20-15-8-13(10-23-11-15)7-14-9-16(22)5-6-18(14)24-20/h2-6,9-11,13H,7-8H2,1H3,(H,24,25). The van der Waals surface area contributed by atoms with Gasteiger partial charge in [-0.3, -0.25) is 4.99 Å². The van der Waals surface area contributed by atoms with Crippen molar-refractivity contribution >= 4 is 35.0 Å². The summed E-state index contributed by atoms with van der Waals surface area (Å²) in [4.78, 5) is 9.16. The number of rotatable bonds is 1. The molecule has 0 aromatic heterocycles. The Morgan fingerprint density at radius 1 is 1.24 bits per heavy atom. The highest BCUT2D eigenvalue weighted by atomic mass is 35.5. The minimum Gasteiger partial charge on any atom is -0.340 e. The third-order valence-electron chi connectivity index (χ3n) is 4.53. The first-order chi connectivity index (χ1) is 12.1. The molecule has 2 aromatic rings. The molecular weight excluding hydrogens is 337 g/mol. The van der Waals surface area contributed by atoms with Crippen LogP contribution in [0, 0.1) is 18.7 Å². The zero-order chi connectivity index (χ0) is 17.4. The van der Waals surface area contributed by atoms with E-state index < -0.39 is 0 Å². The van der Waals surface area contributed by atoms with E-state index in [1.807, 2.05) is 37.5 Å². The van der Waals surface area contributed by atoms with Gasteiger partial charge in [-0.1, -0.05) is 23.7 Å². The molecule has 0 saturated heterocycles. The molecule has 2 aromatic carbocycles. The van der Waals surface area contributed by atoms with E-state index in [0.717, 1.165) is 40.9 Å². The summed E-state index contributed by atoms with van der Waals surface area (Å²) >= 11 is 6.34. The maximum Gasteiger partial charge on any atom is 0.135 e. The molecule has 1 atom stereocenters. The molecule has 0 saturated carbocycles. The van der Waals surface area contributed by atoms with Gasteiger partial charge in [-0.2, -0.15) is 0 Å². The Balaban J connectivity index is 1.85. The molecule has 0 aliphatic carbocycles. The lowest BCUT2D eigenvalue weighted by Gasteiger charge is -2.25. The molecule has 4 rings (SSSR count). The predicted octanol–water partition coefficient (Wildman–Crippen LogP) is 5.46. The van der Waals surface area contributed by atoms with Crippen LogP contribution in [0.2, 0.25) is 5.02 Å². The number of nitrogens with zero attached hydrogens (tertiary/aromatic N) is 2. The fourth-order valence-electron chi connectivity index (χ4n) is 3.25. The molecule has 3 nitrogen and oxygen atoms in total. The van der Waals surface area contributed by atoms with Gasteiger partial charge in [0.05, 0.1) is 10.7 Å². The fourth-order valence-corrected chi connectivity index (χ4v) is 3.51. The quantitative estimate of drug-likeness (QED) is 0.726. The van der Waals surface area contributed by atoms with Gasteiger partial charge in [0, 0.05) is 29.6 Å². The highest BCUT2D eigenvalue weighted by Gasteiger charge is 2.23. The average Bonchev–Trinajstić information content (AvgIpc) is 2.58. The van der Waals surface area contributed by atoms with E-state index >= 15 is 0 Å². The van der Waals surface area contributed by atoms with Gasteiger partial charge in [0.15, 0.2) is 0 Å². The molecule has 25 heavy (non-hydrogen) atoms. The van der Waals surface area contributed by atoms with Crippen molar-refractivity contribution in [2.75, 3.05) is 5.32 Å². The number of para-hydroxylation sites is 1. The van der Waals surface area contributed by atoms with Crippen LogP contribution in [0.25, 0.3) is 0 Å². The van der Waals surface area contributed by atoms with E-state index in [0.29, 0.717) is 10.9 Å². The van der Waals surface area contributed by atoms with Crippen molar-refractivity contribution < 1.29 is 4.39 Å². The maximum absolute atomic E-state index is 13.7. The van der Waals surface area contributed by atoms with Gasteiger partial charge in [-0.05, 0) is 55.2 Å². The zero-order valence-corrected chi connectivity index (χ0v) is 14.5. The Hall–Kier alpha value is -2.46. The number of amidine groups is 1. The molecule has 1 N–H and O–H groups in total. The molecule has 2 heterocycles. The fraction of sp³-hybridized carbons (Fsp3) is 0.200. The summed E-state index contributed by atoms with van der Waals surface area (Å²) in [5.74, 6) is 0.718. The van der Waals surface area contributed by atoms with Gasteiger partial charge in [-0.25, -0.2) is 9.38 Å². The zero-order valence-electron chi connectivity index (χ0n) is 13.8. The highest BCUT2D eigenvalue weighted by Crippen LogP contribution is 2.33. The van der Waals surface area contributed by atoms with Gasteiger partial charge in [0.25, 0.3) is 0 Å². The number of anilines is 1. The van der Waals surface area contributed by atoms with Crippen LogP contribution in [0.4, 0.5) is 15.8 Å². The lowest BCUT2D eigenvalue weighted by atomic mass is 9.89. The number of hydrogen-bond donors (Lipinski definition) is 1. The maximum atomic E-state index is 13.7. The first-order valence-electron chi connectivity index (χ1n) is 8.22. The number of aryl methyl sites for hydroxylation is 1. The summed E-state index contributed by atoms with van der Waals surface area (Å²) in [6.07, 6.45) is 5.33. The van der Waals surface area contributed by atoms with Gasteiger partial charge in [0.2, 0.25) is 0 Å². The van der Waals surface area contributed by atoms with Crippen molar-refractivity contribution in [1.82, 2.24) is 0 Å². The topological polar surface area (TPSA) is 36.8 Å². The molecular formula is C20H17ClFN3. The predicted molar refractivity (Wildman–Crippen MR) is 102 cm³/mol. The number of fused-ring (bicyclic) bond motifs is 3. The minimum atomic E-state index is -0.231. The second-order valence-electron chi connectivity index (χ2n) is 6.41. The average molecular weight is 354 g/mol. The van der Waals surface area contributed by atoms with Gasteiger partial charge < -0.3 is 5.32 Å². The van der Waals surface area contributed by atoms with E-state index in [1.165, 1.54) is 6.07 Å². The molecule has 2 aliphatic heterocycles. The van der Waals surface area contributed by atoms with Crippen LogP contribution in [-0.4, -0.2) is 12.1 Å². The summed E-state index contributed by atoms with van der Waals surface area (Å²) in [5, 5.41) is 3.97. The summed E-state index contributed by atoms with van der Waals surface area (Å²) in [5.41, 5.74) is 4.57. The summed E-state index contributed by atoms with van der Waals surface area (Å²) < 4.78 is 13.7. The van der Waals surface area contributed by atoms with E-state index in [9.17, 15) is 4.39 Å². The normalized spacial score (nSPS) is 20.4. The van der Waals surface area contributed by atoms with Crippen LogP contribution in [0.5, 0.6) is 0 Å². The van der Waals surface area contributed by atoms with Gasteiger partial charge in [0.1, 0.15) is 11.7 Å². The number of hydrogen-bond acceptors (Lipinski definition) is 2. The highest BCUT2D eigenvalue weighted by molar-refractivity contribution is 6.33. The Kier molecular flexibility index (Phi) is 4.14. The minimum absolute atomic E-state index is 0.231. The summed E-state index contributed by atoms with van der Waals surface area (Å²) in [7, 11) is 0. The van der Waals surface area contributed by atoms with Crippen LogP contribution in [0.3, 0.4) is 0 Å². The van der Waals surface area contributed by atoms with Gasteiger partial charge in [-0.15, -0.1) is 0 Å². The lowest BCUT2D eigenvalue weighted by molar-refractivity contribution is 0.620. The summed E-state index contributed by atoms with van der Waals surface area (Å²) in [6.45, 7) is 1.98. The van der Waals surface area contributed by atoms with Crippen LogP contribution in [0.1, 0.15) is 17.5 Å². The molecule has 0 spiro atoms. The smallest absolute Gasteiger partial charge is 0.135 e. The summed E-state index contributed by atoms with van der Waals surface area (Å²) in [6, 6.07) is 10.5. The second kappa shape index (κ2) is 6.45. The van der Waals surface area contributed by atoms with Crippen molar-refractivity contribution in [3.8, 4) is 0 Å². The van der Waals surface area contributed by atoms with Crippen molar-refractivity contribution in [1.29, 1.82) is 0 Å². The van der Waals surface area contributed by atoms with Crippen molar-refractivity contribution in [3.05, 3.63) is 70.1 Å². The molecule has 0 fully saturated rings. The van der Waals surface area contributed by atoms with E-state index in [1.54, 1.807) is 12.1 Å². The number of benzene rings is 2. The Morgan fingerprint density at radius 2 is 2.12 bits per heavy atom. The number of nitrogens with one attached hydrogen (secondary N) is 1. The van der Waals surface area contributed by atoms with E-state index in [4.69, 9.17) is 16.6 Å². The van der Waals surface area contributed by atoms with E-state index in [-0.39, 0.29) is 11.7 Å². The Labute approximate surface area is 151 Å². The van der Waals surface area contributed by atoms with Crippen molar-refractivity contribution in [2.45, 2.75) is 19.8 Å². The molecule has 0 amide bonds. The van der Waals surface area contributed by atoms with E-state index in [2.05, 4.69) is 10.3 Å². The first kappa shape index (κ1) is 16.0. The van der Waals surface area contributed by atoms with Crippen LogP contribution in [-0.2, 0) is 6.42 Å². The van der Waals surface area contributed by atoms with Crippen molar-refractivity contribution in [3.63, 3.8) is 0 Å².